The van der Waals surface area contributed by atoms with Gasteiger partial charge >= 0.3 is 5.97 Å². The zero-order chi connectivity index (χ0) is 19.8. The van der Waals surface area contributed by atoms with Gasteiger partial charge in [-0.25, -0.2) is 9.78 Å². The quantitative estimate of drug-likeness (QED) is 0.557. The van der Waals surface area contributed by atoms with Crippen LogP contribution in [0.25, 0.3) is 22.4 Å². The van der Waals surface area contributed by atoms with Crippen molar-refractivity contribution in [2.75, 3.05) is 12.8 Å². The molecule has 2 aromatic heterocycles. The molecule has 2 N–H and O–H groups in total. The van der Waals surface area contributed by atoms with Gasteiger partial charge in [-0.3, -0.25) is 4.57 Å². The van der Waals surface area contributed by atoms with Gasteiger partial charge in [0.1, 0.15) is 12.4 Å². The van der Waals surface area contributed by atoms with Crippen LogP contribution in [0, 0.1) is 18.3 Å². The molecule has 2 heterocycles. The molecular weight excluding hydrogens is 354 g/mol. The van der Waals surface area contributed by atoms with E-state index >= 15 is 0 Å². The molecule has 0 bridgehead atoms. The first-order valence-electron chi connectivity index (χ1n) is 8.57. The number of nitriles is 1. The Morgan fingerprint density at radius 2 is 1.96 bits per heavy atom. The second-order valence-electron chi connectivity index (χ2n) is 6.41. The molecule has 28 heavy (non-hydrogen) atoms. The smallest absolute Gasteiger partial charge is 0.357 e. The van der Waals surface area contributed by atoms with Crippen molar-refractivity contribution in [2.24, 2.45) is 0 Å². The average Bonchev–Trinajstić information content (AvgIpc) is 3.27. The third-order valence-corrected chi connectivity index (χ3v) is 4.63. The van der Waals surface area contributed by atoms with Crippen LogP contribution in [-0.2, 0) is 4.74 Å². The fraction of sp³-hybridized carbons (Fsp3) is 0.0952. The van der Waals surface area contributed by atoms with Gasteiger partial charge in [0.2, 0.25) is 0 Å². The summed E-state index contributed by atoms with van der Waals surface area (Å²) in [7, 11) is 1.28. The molecule has 0 amide bonds. The number of methoxy groups -OCH3 is 1. The average molecular weight is 371 g/mol. The van der Waals surface area contributed by atoms with Crippen molar-refractivity contribution in [3.05, 3.63) is 71.8 Å². The summed E-state index contributed by atoms with van der Waals surface area (Å²) < 4.78 is 8.39. The predicted molar refractivity (Wildman–Crippen MR) is 106 cm³/mol. The Labute approximate surface area is 161 Å². The Kier molecular flexibility index (Phi) is 4.09. The van der Waals surface area contributed by atoms with Crippen molar-refractivity contribution in [3.8, 4) is 17.4 Å². The van der Waals surface area contributed by atoms with E-state index in [0.717, 1.165) is 22.3 Å². The van der Waals surface area contributed by atoms with Gasteiger partial charge in [-0.15, -0.1) is 0 Å². The van der Waals surface area contributed by atoms with E-state index in [0.29, 0.717) is 5.69 Å². The summed E-state index contributed by atoms with van der Waals surface area (Å²) in [6, 6.07) is 15.7. The number of hydrogen-bond acceptors (Lipinski definition) is 5. The normalized spacial score (nSPS) is 10.8. The number of nitrogen functional groups attached to an aromatic ring is 1. The van der Waals surface area contributed by atoms with Crippen molar-refractivity contribution >= 4 is 22.7 Å². The second-order valence-corrected chi connectivity index (χ2v) is 6.41. The summed E-state index contributed by atoms with van der Waals surface area (Å²) in [4.78, 5) is 16.7. The molecule has 0 aliphatic carbocycles. The molecule has 7 heteroatoms. The second kappa shape index (κ2) is 6.59. The van der Waals surface area contributed by atoms with Crippen LogP contribution in [0.3, 0.4) is 0 Å². The highest BCUT2D eigenvalue weighted by molar-refractivity contribution is 5.96. The number of aromatic nitrogens is 3. The maximum Gasteiger partial charge on any atom is 0.357 e. The standard InChI is InChI=1S/C21H17N5O2/c1-13-4-3-5-15(8-13)26-12-24-17-9-16(6-7-18(17)26)25-11-14(10-22)19(23)20(25)21(27)28-2/h3-9,11-12H,23H2,1-2H3. The lowest BCUT2D eigenvalue weighted by Crippen LogP contribution is -2.11. The monoisotopic (exact) mass is 371 g/mol. The minimum atomic E-state index is -0.607. The zero-order valence-corrected chi connectivity index (χ0v) is 15.4. The Bertz CT molecular complexity index is 1260. The predicted octanol–water partition coefficient (Wildman–Crippen LogP) is 3.37. The highest BCUT2D eigenvalue weighted by Gasteiger charge is 2.22. The van der Waals surface area contributed by atoms with E-state index < -0.39 is 5.97 Å². The van der Waals surface area contributed by atoms with Gasteiger partial charge in [0.05, 0.1) is 29.4 Å². The van der Waals surface area contributed by atoms with E-state index in [1.807, 2.05) is 54.0 Å². The number of ether oxygens (including phenoxy) is 1. The van der Waals surface area contributed by atoms with E-state index in [9.17, 15) is 10.1 Å². The van der Waals surface area contributed by atoms with Crippen molar-refractivity contribution < 1.29 is 9.53 Å². The number of benzene rings is 2. The molecule has 7 nitrogen and oxygen atoms in total. The molecule has 4 aromatic rings. The molecule has 0 radical (unpaired) electrons. The van der Waals surface area contributed by atoms with E-state index in [2.05, 4.69) is 11.1 Å². The largest absolute Gasteiger partial charge is 0.464 e. The fourth-order valence-electron chi connectivity index (χ4n) is 3.25. The molecular formula is C21H17N5O2. The summed E-state index contributed by atoms with van der Waals surface area (Å²) in [6.07, 6.45) is 3.29. The fourth-order valence-corrected chi connectivity index (χ4v) is 3.25. The Morgan fingerprint density at radius 3 is 2.68 bits per heavy atom. The van der Waals surface area contributed by atoms with Crippen LogP contribution < -0.4 is 5.73 Å². The number of aryl methyl sites for hydroxylation is 1. The third-order valence-electron chi connectivity index (χ3n) is 4.63. The highest BCUT2D eigenvalue weighted by atomic mass is 16.5. The van der Waals surface area contributed by atoms with E-state index in [1.54, 1.807) is 10.9 Å². The molecule has 2 aromatic carbocycles. The number of rotatable bonds is 3. The lowest BCUT2D eigenvalue weighted by molar-refractivity contribution is 0.0593. The van der Waals surface area contributed by atoms with Gasteiger partial charge in [-0.2, -0.15) is 5.26 Å². The first kappa shape index (κ1) is 17.4. The van der Waals surface area contributed by atoms with Crippen molar-refractivity contribution in [1.82, 2.24) is 14.1 Å². The minimum Gasteiger partial charge on any atom is -0.464 e. The van der Waals surface area contributed by atoms with Crippen LogP contribution in [0.5, 0.6) is 0 Å². The molecule has 4 rings (SSSR count). The molecule has 0 saturated heterocycles. The zero-order valence-electron chi connectivity index (χ0n) is 15.4. The summed E-state index contributed by atoms with van der Waals surface area (Å²) in [5.74, 6) is -0.607. The van der Waals surface area contributed by atoms with Crippen LogP contribution in [0.4, 0.5) is 5.69 Å². The van der Waals surface area contributed by atoms with Gasteiger partial charge in [-0.1, -0.05) is 12.1 Å². The maximum absolute atomic E-state index is 12.2. The number of nitrogens with two attached hydrogens (primary N) is 1. The number of esters is 1. The highest BCUT2D eigenvalue weighted by Crippen LogP contribution is 2.27. The van der Waals surface area contributed by atoms with Gasteiger partial charge < -0.3 is 15.0 Å². The number of carbonyl (C=O) groups excluding carboxylic acids is 1. The number of hydrogen-bond donors (Lipinski definition) is 1. The molecule has 0 aliphatic rings. The first-order chi connectivity index (χ1) is 13.5. The molecule has 138 valence electrons. The van der Waals surface area contributed by atoms with Crippen LogP contribution in [0.15, 0.2) is 55.0 Å². The minimum absolute atomic E-state index is 0.0970. The van der Waals surface area contributed by atoms with Crippen LogP contribution in [0.1, 0.15) is 21.6 Å². The molecule has 0 unspecified atom stereocenters. The number of fused-ring (bicyclic) bond motifs is 1. The third kappa shape index (κ3) is 2.68. The van der Waals surface area contributed by atoms with Crippen LogP contribution in [0.2, 0.25) is 0 Å². The van der Waals surface area contributed by atoms with Crippen LogP contribution >= 0.6 is 0 Å². The van der Waals surface area contributed by atoms with Gasteiger partial charge in [-0.05, 0) is 42.8 Å². The number of carbonyl (C=O) groups is 1. The van der Waals surface area contributed by atoms with E-state index in [-0.39, 0.29) is 16.9 Å². The van der Waals surface area contributed by atoms with Gasteiger partial charge in [0.25, 0.3) is 0 Å². The van der Waals surface area contributed by atoms with E-state index in [1.165, 1.54) is 13.3 Å². The Hall–Kier alpha value is -4.05. The Morgan fingerprint density at radius 1 is 1.18 bits per heavy atom. The Balaban J connectivity index is 1.87. The summed E-state index contributed by atoms with van der Waals surface area (Å²) >= 11 is 0. The van der Waals surface area contributed by atoms with Gasteiger partial charge in [0.15, 0.2) is 5.69 Å². The van der Waals surface area contributed by atoms with Crippen molar-refractivity contribution in [2.45, 2.75) is 6.92 Å². The lowest BCUT2D eigenvalue weighted by atomic mass is 10.2. The summed E-state index contributed by atoms with van der Waals surface area (Å²) in [5, 5.41) is 9.27. The number of anilines is 1. The topological polar surface area (TPSA) is 98.9 Å². The number of nitrogens with zero attached hydrogens (tertiary/aromatic N) is 4. The molecule has 0 saturated carbocycles. The van der Waals surface area contributed by atoms with E-state index in [4.69, 9.17) is 10.5 Å². The first-order valence-corrected chi connectivity index (χ1v) is 8.57. The maximum atomic E-state index is 12.2. The number of imidazole rings is 1. The molecule has 0 atom stereocenters. The van der Waals surface area contributed by atoms with Gasteiger partial charge in [0, 0.05) is 17.6 Å². The van der Waals surface area contributed by atoms with Crippen molar-refractivity contribution in [1.29, 1.82) is 5.26 Å². The SMILES string of the molecule is COC(=O)c1c(N)c(C#N)cn1-c1ccc2c(c1)ncn2-c1cccc(C)c1. The molecule has 0 spiro atoms. The molecule has 0 fully saturated rings. The van der Waals surface area contributed by atoms with Crippen molar-refractivity contribution in [3.63, 3.8) is 0 Å². The molecule has 0 aliphatic heterocycles. The summed E-state index contributed by atoms with van der Waals surface area (Å²) in [6.45, 7) is 2.04. The van der Waals surface area contributed by atoms with Crippen LogP contribution in [-0.4, -0.2) is 27.2 Å². The summed E-state index contributed by atoms with van der Waals surface area (Å²) in [5.41, 5.74) is 10.9. The lowest BCUT2D eigenvalue weighted by Gasteiger charge is -2.09.